The Morgan fingerprint density at radius 1 is 1.50 bits per heavy atom. The third kappa shape index (κ3) is 3.24. The van der Waals surface area contributed by atoms with Crippen LogP contribution in [-0.2, 0) is 4.79 Å². The van der Waals surface area contributed by atoms with E-state index in [2.05, 4.69) is 22.6 Å². The van der Waals surface area contributed by atoms with Crippen molar-refractivity contribution in [3.05, 3.63) is 30.0 Å². The standard InChI is InChI=1S/C17H22N2O2S/c1-11(2)19-16(20)9-21-15-5-3-4-14-17(15)13(8-18-14)12-6-7-22-10-12/h3-5,8,11-12,18H,6-7,9-10H2,1-2H3,(H,19,20). The Hall–Kier alpha value is -1.62. The molecule has 1 aliphatic heterocycles. The summed E-state index contributed by atoms with van der Waals surface area (Å²) in [5, 5.41) is 3.98. The van der Waals surface area contributed by atoms with Gasteiger partial charge in [-0.15, -0.1) is 0 Å². The zero-order chi connectivity index (χ0) is 15.5. The van der Waals surface area contributed by atoms with E-state index in [0.717, 1.165) is 22.4 Å². The predicted octanol–water partition coefficient (Wildman–Crippen LogP) is 3.29. The Bertz CT molecular complexity index is 660. The zero-order valence-electron chi connectivity index (χ0n) is 13.0. The summed E-state index contributed by atoms with van der Waals surface area (Å²) < 4.78 is 5.80. The molecule has 1 aliphatic rings. The number of thioether (sulfide) groups is 1. The average Bonchev–Trinajstić information content (AvgIpc) is 3.12. The minimum absolute atomic E-state index is 0.0569. The van der Waals surface area contributed by atoms with Crippen molar-refractivity contribution >= 4 is 28.6 Å². The number of aromatic amines is 1. The van der Waals surface area contributed by atoms with Crippen LogP contribution in [0.5, 0.6) is 5.75 Å². The van der Waals surface area contributed by atoms with Gasteiger partial charge in [0.2, 0.25) is 0 Å². The lowest BCUT2D eigenvalue weighted by molar-refractivity contribution is -0.123. The summed E-state index contributed by atoms with van der Waals surface area (Å²) >= 11 is 2.00. The monoisotopic (exact) mass is 318 g/mol. The first-order valence-electron chi connectivity index (χ1n) is 7.75. The first kappa shape index (κ1) is 15.3. The number of nitrogens with one attached hydrogen (secondary N) is 2. The molecule has 1 saturated heterocycles. The molecule has 1 amide bonds. The number of ether oxygens (including phenoxy) is 1. The second-order valence-electron chi connectivity index (χ2n) is 5.99. The van der Waals surface area contributed by atoms with Crippen molar-refractivity contribution in [2.24, 2.45) is 0 Å². The van der Waals surface area contributed by atoms with Crippen LogP contribution in [0, 0.1) is 0 Å². The summed E-state index contributed by atoms with van der Waals surface area (Å²) in [6, 6.07) is 6.10. The largest absolute Gasteiger partial charge is 0.483 e. The maximum atomic E-state index is 11.8. The summed E-state index contributed by atoms with van der Waals surface area (Å²) in [7, 11) is 0. The van der Waals surface area contributed by atoms with Crippen LogP contribution in [0.25, 0.3) is 10.9 Å². The molecule has 1 unspecified atom stereocenters. The van der Waals surface area contributed by atoms with Crippen LogP contribution in [-0.4, -0.2) is 35.0 Å². The van der Waals surface area contributed by atoms with E-state index in [-0.39, 0.29) is 18.6 Å². The fraction of sp³-hybridized carbons (Fsp3) is 0.471. The molecule has 1 atom stereocenters. The smallest absolute Gasteiger partial charge is 0.258 e. The maximum Gasteiger partial charge on any atom is 0.258 e. The van der Waals surface area contributed by atoms with Gasteiger partial charge in [-0.3, -0.25) is 4.79 Å². The number of aromatic nitrogens is 1. The topological polar surface area (TPSA) is 54.1 Å². The van der Waals surface area contributed by atoms with Gasteiger partial charge in [-0.2, -0.15) is 11.8 Å². The highest BCUT2D eigenvalue weighted by atomic mass is 32.2. The number of benzene rings is 1. The van der Waals surface area contributed by atoms with Crippen LogP contribution < -0.4 is 10.1 Å². The van der Waals surface area contributed by atoms with E-state index >= 15 is 0 Å². The van der Waals surface area contributed by atoms with Gasteiger partial charge in [0, 0.05) is 28.9 Å². The molecule has 5 heteroatoms. The van der Waals surface area contributed by atoms with E-state index in [1.165, 1.54) is 17.7 Å². The quantitative estimate of drug-likeness (QED) is 0.889. The molecule has 0 aliphatic carbocycles. The van der Waals surface area contributed by atoms with Crippen molar-refractivity contribution in [3.63, 3.8) is 0 Å². The van der Waals surface area contributed by atoms with Crippen molar-refractivity contribution in [1.82, 2.24) is 10.3 Å². The molecule has 0 saturated carbocycles. The first-order valence-corrected chi connectivity index (χ1v) is 8.90. The molecular formula is C17H22N2O2S. The predicted molar refractivity (Wildman–Crippen MR) is 91.8 cm³/mol. The fourth-order valence-electron chi connectivity index (χ4n) is 2.91. The number of amides is 1. The molecule has 1 aromatic carbocycles. The van der Waals surface area contributed by atoms with E-state index in [4.69, 9.17) is 4.74 Å². The first-order chi connectivity index (χ1) is 10.6. The van der Waals surface area contributed by atoms with Crippen LogP contribution in [0.2, 0.25) is 0 Å². The van der Waals surface area contributed by atoms with E-state index in [9.17, 15) is 4.79 Å². The summed E-state index contributed by atoms with van der Waals surface area (Å²) in [4.78, 5) is 15.1. The molecule has 0 bridgehead atoms. The highest BCUT2D eigenvalue weighted by Gasteiger charge is 2.22. The second kappa shape index (κ2) is 6.65. The van der Waals surface area contributed by atoms with Gasteiger partial charge in [0.05, 0.1) is 0 Å². The van der Waals surface area contributed by atoms with Crippen LogP contribution in [0.3, 0.4) is 0 Å². The zero-order valence-corrected chi connectivity index (χ0v) is 13.8. The van der Waals surface area contributed by atoms with Crippen molar-refractivity contribution in [2.75, 3.05) is 18.1 Å². The van der Waals surface area contributed by atoms with Crippen molar-refractivity contribution in [2.45, 2.75) is 32.2 Å². The van der Waals surface area contributed by atoms with Gasteiger partial charge in [0.1, 0.15) is 5.75 Å². The maximum absolute atomic E-state index is 11.8. The number of rotatable bonds is 5. The van der Waals surface area contributed by atoms with Gasteiger partial charge in [0.15, 0.2) is 6.61 Å². The summed E-state index contributed by atoms with van der Waals surface area (Å²) in [6.07, 6.45) is 3.31. The minimum atomic E-state index is -0.0829. The Kier molecular flexibility index (Phi) is 4.62. The Balaban J connectivity index is 1.82. The Morgan fingerprint density at radius 2 is 2.36 bits per heavy atom. The van der Waals surface area contributed by atoms with E-state index in [1.54, 1.807) is 0 Å². The normalized spacial score (nSPS) is 18.0. The van der Waals surface area contributed by atoms with Gasteiger partial charge in [-0.1, -0.05) is 6.07 Å². The molecule has 1 fully saturated rings. The SMILES string of the molecule is CC(C)NC(=O)COc1cccc2[nH]cc(C3CCSC3)c12. The number of carbonyl (C=O) groups is 1. The second-order valence-corrected chi connectivity index (χ2v) is 7.14. The number of hydrogen-bond donors (Lipinski definition) is 2. The van der Waals surface area contributed by atoms with Crippen molar-refractivity contribution in [3.8, 4) is 5.75 Å². The van der Waals surface area contributed by atoms with Gasteiger partial charge in [-0.05, 0) is 49.6 Å². The van der Waals surface area contributed by atoms with E-state index in [1.807, 2.05) is 37.7 Å². The van der Waals surface area contributed by atoms with Crippen molar-refractivity contribution < 1.29 is 9.53 Å². The lowest BCUT2D eigenvalue weighted by Gasteiger charge is -2.13. The summed E-state index contributed by atoms with van der Waals surface area (Å²) in [5.41, 5.74) is 2.40. The summed E-state index contributed by atoms with van der Waals surface area (Å²) in [6.45, 7) is 3.95. The van der Waals surface area contributed by atoms with Crippen LogP contribution in [0.4, 0.5) is 0 Å². The van der Waals surface area contributed by atoms with E-state index in [0.29, 0.717) is 5.92 Å². The van der Waals surface area contributed by atoms with Gasteiger partial charge < -0.3 is 15.0 Å². The minimum Gasteiger partial charge on any atom is -0.483 e. The highest BCUT2D eigenvalue weighted by molar-refractivity contribution is 7.99. The number of H-pyrrole nitrogens is 1. The van der Waals surface area contributed by atoms with Gasteiger partial charge in [-0.25, -0.2) is 0 Å². The van der Waals surface area contributed by atoms with Crippen molar-refractivity contribution in [1.29, 1.82) is 0 Å². The fourth-order valence-corrected chi connectivity index (χ4v) is 4.15. The lowest BCUT2D eigenvalue weighted by atomic mass is 9.98. The van der Waals surface area contributed by atoms with Gasteiger partial charge >= 0.3 is 0 Å². The molecular weight excluding hydrogens is 296 g/mol. The van der Waals surface area contributed by atoms with Crippen LogP contribution >= 0.6 is 11.8 Å². The third-order valence-electron chi connectivity index (χ3n) is 3.88. The highest BCUT2D eigenvalue weighted by Crippen LogP contribution is 2.39. The molecule has 22 heavy (non-hydrogen) atoms. The number of fused-ring (bicyclic) bond motifs is 1. The molecule has 2 aromatic rings. The van der Waals surface area contributed by atoms with Crippen LogP contribution in [0.15, 0.2) is 24.4 Å². The molecule has 2 heterocycles. The molecule has 0 spiro atoms. The van der Waals surface area contributed by atoms with E-state index < -0.39 is 0 Å². The molecule has 2 N–H and O–H groups in total. The average molecular weight is 318 g/mol. The lowest BCUT2D eigenvalue weighted by Crippen LogP contribution is -2.34. The number of hydrogen-bond acceptors (Lipinski definition) is 3. The summed E-state index contributed by atoms with van der Waals surface area (Å²) in [5.74, 6) is 3.67. The Labute approximate surface area is 135 Å². The third-order valence-corrected chi connectivity index (χ3v) is 5.04. The molecule has 4 nitrogen and oxygen atoms in total. The molecule has 3 rings (SSSR count). The Morgan fingerprint density at radius 3 is 3.09 bits per heavy atom. The molecule has 118 valence electrons. The number of carbonyl (C=O) groups excluding carboxylic acids is 1. The molecule has 1 aromatic heterocycles. The van der Waals surface area contributed by atoms with Gasteiger partial charge in [0.25, 0.3) is 5.91 Å². The van der Waals surface area contributed by atoms with Crippen LogP contribution in [0.1, 0.15) is 31.7 Å². The molecule has 0 radical (unpaired) electrons.